The van der Waals surface area contributed by atoms with Gasteiger partial charge in [-0.05, 0) is 38.4 Å². The van der Waals surface area contributed by atoms with Crippen molar-refractivity contribution in [2.24, 2.45) is 0 Å². The van der Waals surface area contributed by atoms with Crippen molar-refractivity contribution in [2.45, 2.75) is 31.9 Å². The van der Waals surface area contributed by atoms with Crippen molar-refractivity contribution in [1.29, 1.82) is 0 Å². The first kappa shape index (κ1) is 13.6. The monoisotopic (exact) mass is 300 g/mol. The van der Waals surface area contributed by atoms with E-state index in [0.29, 0.717) is 12.6 Å². The summed E-state index contributed by atoms with van der Waals surface area (Å²) in [6.07, 6.45) is 2.34. The van der Waals surface area contributed by atoms with Crippen LogP contribution in [0.15, 0.2) is 34.9 Å². The highest BCUT2D eigenvalue weighted by Crippen LogP contribution is 2.35. The van der Waals surface area contributed by atoms with Gasteiger partial charge in [0.1, 0.15) is 12.7 Å². The van der Waals surface area contributed by atoms with Gasteiger partial charge in [-0.15, -0.1) is 0 Å². The fourth-order valence-electron chi connectivity index (χ4n) is 3.32. The molecule has 0 radical (unpaired) electrons. The number of hydrogen-bond acceptors (Lipinski definition) is 5. The molecule has 0 N–H and O–H groups in total. The topological polar surface area (TPSA) is 47.7 Å². The number of hydrogen-bond donors (Lipinski definition) is 0. The van der Waals surface area contributed by atoms with Gasteiger partial charge in [-0.25, -0.2) is 0 Å². The minimum absolute atomic E-state index is 0.0551. The number of aryl methyl sites for hydroxylation is 1. The van der Waals surface area contributed by atoms with E-state index in [9.17, 15) is 0 Å². The van der Waals surface area contributed by atoms with Crippen LogP contribution in [0.5, 0.6) is 11.5 Å². The Kier molecular flexibility index (Phi) is 3.50. The third-order valence-electron chi connectivity index (χ3n) is 4.34. The van der Waals surface area contributed by atoms with Crippen LogP contribution in [0.1, 0.15) is 30.3 Å². The molecule has 0 saturated carbocycles. The number of nitrogens with zero attached hydrogens (tertiary/aromatic N) is 2. The van der Waals surface area contributed by atoms with E-state index in [1.54, 1.807) is 0 Å². The molecule has 3 heterocycles. The molecule has 1 saturated heterocycles. The van der Waals surface area contributed by atoms with Crippen molar-refractivity contribution in [3.8, 4) is 11.5 Å². The van der Waals surface area contributed by atoms with Gasteiger partial charge in [-0.3, -0.25) is 4.90 Å². The van der Waals surface area contributed by atoms with Crippen LogP contribution in [0.4, 0.5) is 0 Å². The highest BCUT2D eigenvalue weighted by atomic mass is 16.6. The lowest BCUT2D eigenvalue weighted by Gasteiger charge is -2.31. The lowest BCUT2D eigenvalue weighted by molar-refractivity contribution is 0.0516. The first-order valence-corrected chi connectivity index (χ1v) is 7.85. The van der Waals surface area contributed by atoms with Gasteiger partial charge in [-0.1, -0.05) is 17.3 Å². The molecule has 0 bridgehead atoms. The molecule has 4 rings (SSSR count). The van der Waals surface area contributed by atoms with Gasteiger partial charge < -0.3 is 14.0 Å². The van der Waals surface area contributed by atoms with E-state index in [-0.39, 0.29) is 6.10 Å². The molecule has 2 atom stereocenters. The van der Waals surface area contributed by atoms with Gasteiger partial charge >= 0.3 is 0 Å². The second-order valence-corrected chi connectivity index (χ2v) is 6.02. The van der Waals surface area contributed by atoms with E-state index < -0.39 is 0 Å². The molecule has 1 fully saturated rings. The van der Waals surface area contributed by atoms with Crippen LogP contribution in [0.3, 0.4) is 0 Å². The van der Waals surface area contributed by atoms with Gasteiger partial charge in [-0.2, -0.15) is 0 Å². The molecule has 5 nitrogen and oxygen atoms in total. The summed E-state index contributed by atoms with van der Waals surface area (Å²) in [5.74, 6) is 2.64. The first-order chi connectivity index (χ1) is 10.8. The lowest BCUT2D eigenvalue weighted by atomic mass is 10.1. The smallest absolute Gasteiger partial charge is 0.161 e. The van der Waals surface area contributed by atoms with Gasteiger partial charge in [0.2, 0.25) is 0 Å². The Bertz CT molecular complexity index is 655. The minimum Gasteiger partial charge on any atom is -0.486 e. The van der Waals surface area contributed by atoms with E-state index in [0.717, 1.165) is 42.5 Å². The van der Waals surface area contributed by atoms with E-state index in [4.69, 9.17) is 14.0 Å². The highest BCUT2D eigenvalue weighted by Gasteiger charge is 2.32. The first-order valence-electron chi connectivity index (χ1n) is 7.85. The number of benzene rings is 1. The van der Waals surface area contributed by atoms with Gasteiger partial charge in [0.15, 0.2) is 17.3 Å². The van der Waals surface area contributed by atoms with Crippen molar-refractivity contribution in [2.75, 3.05) is 19.7 Å². The van der Waals surface area contributed by atoms with Crippen molar-refractivity contribution in [3.63, 3.8) is 0 Å². The Morgan fingerprint density at radius 2 is 2.14 bits per heavy atom. The third-order valence-corrected chi connectivity index (χ3v) is 4.34. The summed E-state index contributed by atoms with van der Waals surface area (Å²) < 4.78 is 17.3. The Hall–Kier alpha value is -2.01. The second kappa shape index (κ2) is 5.65. The lowest BCUT2D eigenvalue weighted by Crippen LogP contribution is -2.40. The summed E-state index contributed by atoms with van der Waals surface area (Å²) in [4.78, 5) is 2.42. The molecule has 2 aromatic rings. The Morgan fingerprint density at radius 1 is 1.27 bits per heavy atom. The number of likely N-dealkylation sites (tertiary alicyclic amines) is 1. The summed E-state index contributed by atoms with van der Waals surface area (Å²) in [5, 5.41) is 4.01. The summed E-state index contributed by atoms with van der Waals surface area (Å²) in [5.41, 5.74) is 0.938. The van der Waals surface area contributed by atoms with Crippen LogP contribution in [0.2, 0.25) is 0 Å². The maximum atomic E-state index is 6.07. The molecule has 116 valence electrons. The van der Waals surface area contributed by atoms with E-state index >= 15 is 0 Å². The fourth-order valence-corrected chi connectivity index (χ4v) is 3.32. The van der Waals surface area contributed by atoms with E-state index in [2.05, 4.69) is 10.1 Å². The van der Waals surface area contributed by atoms with Crippen molar-refractivity contribution >= 4 is 0 Å². The number of para-hydroxylation sites is 2. The fraction of sp³-hybridized carbons (Fsp3) is 0.471. The molecule has 22 heavy (non-hydrogen) atoms. The van der Waals surface area contributed by atoms with Crippen molar-refractivity contribution in [1.82, 2.24) is 10.1 Å². The molecule has 1 aromatic carbocycles. The molecular formula is C17H20N2O3. The molecule has 2 aliphatic heterocycles. The number of aromatic nitrogens is 1. The molecule has 5 heteroatoms. The predicted molar refractivity (Wildman–Crippen MR) is 81.1 cm³/mol. The maximum absolute atomic E-state index is 6.07. The van der Waals surface area contributed by atoms with E-state index in [1.807, 2.05) is 37.3 Å². The molecule has 1 aromatic heterocycles. The Morgan fingerprint density at radius 3 is 2.95 bits per heavy atom. The number of rotatable bonds is 3. The summed E-state index contributed by atoms with van der Waals surface area (Å²) in [6.45, 7) is 4.46. The zero-order valence-corrected chi connectivity index (χ0v) is 12.7. The van der Waals surface area contributed by atoms with Crippen LogP contribution in [-0.2, 0) is 0 Å². The van der Waals surface area contributed by atoms with E-state index in [1.165, 1.54) is 6.42 Å². The van der Waals surface area contributed by atoms with Crippen LogP contribution in [0.25, 0.3) is 0 Å². The van der Waals surface area contributed by atoms with Gasteiger partial charge in [0.25, 0.3) is 0 Å². The SMILES string of the molecule is Cc1cc([C@@H]2CCCN2C[C@H]2COc3ccccc3O2)on1. The predicted octanol–water partition coefficient (Wildman–Crippen LogP) is 2.96. The Balaban J connectivity index is 1.45. The second-order valence-electron chi connectivity index (χ2n) is 6.02. The molecule has 0 spiro atoms. The maximum Gasteiger partial charge on any atom is 0.161 e. The molecule has 2 aliphatic rings. The third kappa shape index (κ3) is 2.57. The molecule has 0 unspecified atom stereocenters. The quantitative estimate of drug-likeness (QED) is 0.872. The number of fused-ring (bicyclic) bond motifs is 1. The zero-order valence-electron chi connectivity index (χ0n) is 12.7. The summed E-state index contributed by atoms with van der Waals surface area (Å²) >= 11 is 0. The molecule has 0 amide bonds. The van der Waals surface area contributed by atoms with Gasteiger partial charge in [0.05, 0.1) is 11.7 Å². The van der Waals surface area contributed by atoms with Crippen LogP contribution < -0.4 is 9.47 Å². The minimum atomic E-state index is 0.0551. The average molecular weight is 300 g/mol. The summed E-state index contributed by atoms with van der Waals surface area (Å²) in [7, 11) is 0. The highest BCUT2D eigenvalue weighted by molar-refractivity contribution is 5.40. The molecular weight excluding hydrogens is 280 g/mol. The van der Waals surface area contributed by atoms with Crippen molar-refractivity contribution < 1.29 is 14.0 Å². The van der Waals surface area contributed by atoms with Crippen LogP contribution >= 0.6 is 0 Å². The standard InChI is InChI=1S/C17H20N2O3/c1-12-9-17(22-18-12)14-5-4-8-19(14)10-13-11-20-15-6-2-3-7-16(15)21-13/h2-3,6-7,9,13-14H,4-5,8,10-11H2,1H3/t13-,14-/m0/s1. The summed E-state index contributed by atoms with van der Waals surface area (Å²) in [6, 6.07) is 10.2. The average Bonchev–Trinajstić information content (AvgIpc) is 3.16. The van der Waals surface area contributed by atoms with Crippen LogP contribution in [0, 0.1) is 6.92 Å². The number of ether oxygens (including phenoxy) is 2. The normalized spacial score (nSPS) is 24.6. The molecule has 0 aliphatic carbocycles. The van der Waals surface area contributed by atoms with Crippen LogP contribution in [-0.4, -0.2) is 35.9 Å². The van der Waals surface area contributed by atoms with Crippen molar-refractivity contribution in [3.05, 3.63) is 41.8 Å². The Labute approximate surface area is 129 Å². The van der Waals surface area contributed by atoms with Gasteiger partial charge in [0, 0.05) is 12.6 Å². The zero-order chi connectivity index (χ0) is 14.9. The largest absolute Gasteiger partial charge is 0.486 e.